The molecule has 2 aliphatic rings. The van der Waals surface area contributed by atoms with Crippen LogP contribution in [0.3, 0.4) is 0 Å². The molecule has 1 aromatic heterocycles. The first-order valence-electron chi connectivity index (χ1n) is 19.2. The normalized spacial score (nSPS) is 15.1. The second kappa shape index (κ2) is 12.6. The van der Waals surface area contributed by atoms with Crippen molar-refractivity contribution in [2.24, 2.45) is 5.92 Å². The van der Waals surface area contributed by atoms with Crippen LogP contribution in [0.15, 0.2) is 176 Å². The standard InChI is InChI=1S/C52H42N2/c1-35-18-29-46-47-33-39(23-31-50(47)54(51(46)32-35)40-14-8-5-9-15-40)38-21-26-42(27-22-38)53(41-24-19-37(20-25-41)36-12-6-4-7-13-36)43-28-30-45-44-16-10-11-17-48(44)52(2,3)49(45)34-43/h4-31,33-35H,32H2,1-3H3. The Balaban J connectivity index is 1.06. The molecule has 0 radical (unpaired) electrons. The van der Waals surface area contributed by atoms with E-state index in [1.807, 2.05) is 0 Å². The molecule has 7 aromatic carbocycles. The minimum Gasteiger partial charge on any atom is -0.313 e. The molecule has 10 rings (SSSR count). The van der Waals surface area contributed by atoms with Gasteiger partial charge in [-0.3, -0.25) is 0 Å². The van der Waals surface area contributed by atoms with Crippen LogP contribution >= 0.6 is 0 Å². The lowest BCUT2D eigenvalue weighted by Crippen LogP contribution is -2.16. The van der Waals surface area contributed by atoms with Crippen molar-refractivity contribution in [3.63, 3.8) is 0 Å². The van der Waals surface area contributed by atoms with Crippen LogP contribution in [-0.2, 0) is 11.8 Å². The van der Waals surface area contributed by atoms with Crippen molar-refractivity contribution < 1.29 is 0 Å². The Hall–Kier alpha value is -6.38. The van der Waals surface area contributed by atoms with E-state index in [1.165, 1.54) is 72.4 Å². The number of benzene rings is 7. The molecule has 2 heteroatoms. The highest BCUT2D eigenvalue weighted by Gasteiger charge is 2.35. The molecule has 8 aromatic rings. The Morgan fingerprint density at radius 1 is 0.537 bits per heavy atom. The van der Waals surface area contributed by atoms with Gasteiger partial charge in [0.05, 0.1) is 5.52 Å². The van der Waals surface area contributed by atoms with Gasteiger partial charge in [-0.25, -0.2) is 0 Å². The molecule has 0 aliphatic heterocycles. The number of para-hydroxylation sites is 1. The van der Waals surface area contributed by atoms with Gasteiger partial charge in [0.1, 0.15) is 0 Å². The Morgan fingerprint density at radius 3 is 1.83 bits per heavy atom. The molecule has 0 amide bonds. The van der Waals surface area contributed by atoms with Crippen LogP contribution in [0.25, 0.3) is 56.0 Å². The van der Waals surface area contributed by atoms with Crippen molar-refractivity contribution in [2.75, 3.05) is 4.90 Å². The summed E-state index contributed by atoms with van der Waals surface area (Å²) in [6, 6.07) is 62.4. The third kappa shape index (κ3) is 5.24. The van der Waals surface area contributed by atoms with Crippen LogP contribution in [0.2, 0.25) is 0 Å². The topological polar surface area (TPSA) is 8.17 Å². The number of allylic oxidation sites excluding steroid dienone is 1. The van der Waals surface area contributed by atoms with Crippen LogP contribution in [0.5, 0.6) is 0 Å². The summed E-state index contributed by atoms with van der Waals surface area (Å²) in [5.74, 6) is 0.515. The third-order valence-electron chi connectivity index (χ3n) is 11.7. The van der Waals surface area contributed by atoms with Crippen LogP contribution in [0.1, 0.15) is 43.2 Å². The summed E-state index contributed by atoms with van der Waals surface area (Å²) >= 11 is 0. The van der Waals surface area contributed by atoms with E-state index in [1.54, 1.807) is 0 Å². The Labute approximate surface area is 318 Å². The molecule has 0 bridgehead atoms. The van der Waals surface area contributed by atoms with Gasteiger partial charge in [0.15, 0.2) is 0 Å². The molecule has 1 unspecified atom stereocenters. The van der Waals surface area contributed by atoms with E-state index in [2.05, 4.69) is 212 Å². The highest BCUT2D eigenvalue weighted by Crippen LogP contribution is 2.50. The Bertz CT molecular complexity index is 2700. The number of aromatic nitrogens is 1. The summed E-state index contributed by atoms with van der Waals surface area (Å²) in [6.45, 7) is 7.02. The predicted molar refractivity (Wildman–Crippen MR) is 228 cm³/mol. The lowest BCUT2D eigenvalue weighted by molar-refractivity contribution is 0.660. The summed E-state index contributed by atoms with van der Waals surface area (Å²) in [5, 5.41) is 1.31. The van der Waals surface area contributed by atoms with Gasteiger partial charge < -0.3 is 9.47 Å². The van der Waals surface area contributed by atoms with Crippen LogP contribution < -0.4 is 4.90 Å². The maximum Gasteiger partial charge on any atom is 0.0538 e. The molecule has 2 aliphatic carbocycles. The van der Waals surface area contributed by atoms with E-state index in [-0.39, 0.29) is 5.41 Å². The number of hydrogen-bond acceptors (Lipinski definition) is 1. The van der Waals surface area contributed by atoms with E-state index < -0.39 is 0 Å². The second-order valence-electron chi connectivity index (χ2n) is 15.5. The average Bonchev–Trinajstić information content (AvgIpc) is 3.66. The van der Waals surface area contributed by atoms with E-state index >= 15 is 0 Å². The zero-order valence-electron chi connectivity index (χ0n) is 31.0. The van der Waals surface area contributed by atoms with Crippen molar-refractivity contribution in [2.45, 2.75) is 32.6 Å². The monoisotopic (exact) mass is 694 g/mol. The fraction of sp³-hybridized carbons (Fsp3) is 0.115. The molecule has 0 N–H and O–H groups in total. The number of rotatable bonds is 6. The molecule has 2 nitrogen and oxygen atoms in total. The first-order valence-corrected chi connectivity index (χ1v) is 19.2. The molecule has 0 saturated carbocycles. The number of fused-ring (bicyclic) bond motifs is 6. The number of hydrogen-bond donors (Lipinski definition) is 0. The molecular weight excluding hydrogens is 653 g/mol. The van der Waals surface area contributed by atoms with E-state index in [4.69, 9.17) is 0 Å². The number of anilines is 3. The maximum absolute atomic E-state index is 2.47. The second-order valence-corrected chi connectivity index (χ2v) is 15.5. The van der Waals surface area contributed by atoms with E-state index in [0.29, 0.717) is 5.92 Å². The number of nitrogens with zero attached hydrogens (tertiary/aromatic N) is 2. The zero-order valence-corrected chi connectivity index (χ0v) is 31.0. The summed E-state index contributed by atoms with van der Waals surface area (Å²) in [6.07, 6.45) is 5.74. The van der Waals surface area contributed by atoms with Crippen molar-refractivity contribution in [3.05, 3.63) is 198 Å². The molecule has 260 valence electrons. The highest BCUT2D eigenvalue weighted by molar-refractivity contribution is 5.96. The van der Waals surface area contributed by atoms with Gasteiger partial charge in [0, 0.05) is 44.8 Å². The van der Waals surface area contributed by atoms with Gasteiger partial charge in [-0.1, -0.05) is 142 Å². The first-order chi connectivity index (χ1) is 26.4. The SMILES string of the molecule is CC1C=Cc2c(n(-c3ccccc3)c3ccc(-c4ccc(N(c5ccc(-c6ccccc6)cc5)c5ccc6c(c5)C(C)(C)c5ccccc5-6)cc4)cc23)C1. The van der Waals surface area contributed by atoms with Crippen molar-refractivity contribution in [3.8, 4) is 39.1 Å². The van der Waals surface area contributed by atoms with E-state index in [9.17, 15) is 0 Å². The van der Waals surface area contributed by atoms with Gasteiger partial charge in [-0.15, -0.1) is 0 Å². The smallest absolute Gasteiger partial charge is 0.0538 e. The molecular formula is C52H42N2. The van der Waals surface area contributed by atoms with Gasteiger partial charge >= 0.3 is 0 Å². The van der Waals surface area contributed by atoms with Crippen molar-refractivity contribution >= 4 is 34.0 Å². The maximum atomic E-state index is 2.47. The molecule has 0 fully saturated rings. The summed E-state index contributed by atoms with van der Waals surface area (Å²) < 4.78 is 2.47. The molecule has 0 saturated heterocycles. The predicted octanol–water partition coefficient (Wildman–Crippen LogP) is 13.9. The zero-order chi connectivity index (χ0) is 36.4. The average molecular weight is 695 g/mol. The highest BCUT2D eigenvalue weighted by atomic mass is 15.1. The molecule has 1 atom stereocenters. The third-order valence-corrected chi connectivity index (χ3v) is 11.7. The lowest BCUT2D eigenvalue weighted by Gasteiger charge is -2.28. The Kier molecular flexibility index (Phi) is 7.56. The van der Waals surface area contributed by atoms with E-state index in [0.717, 1.165) is 23.5 Å². The minimum atomic E-state index is -0.0842. The molecule has 1 heterocycles. The Morgan fingerprint density at radius 2 is 1.11 bits per heavy atom. The fourth-order valence-electron chi connectivity index (χ4n) is 8.96. The van der Waals surface area contributed by atoms with Crippen molar-refractivity contribution in [1.29, 1.82) is 0 Å². The van der Waals surface area contributed by atoms with Gasteiger partial charge in [0.2, 0.25) is 0 Å². The summed E-state index contributed by atoms with van der Waals surface area (Å²) in [7, 11) is 0. The quantitative estimate of drug-likeness (QED) is 0.168. The van der Waals surface area contributed by atoms with Crippen molar-refractivity contribution in [1.82, 2.24) is 4.57 Å². The van der Waals surface area contributed by atoms with Gasteiger partial charge in [-0.05, 0) is 118 Å². The first kappa shape index (κ1) is 32.3. The van der Waals surface area contributed by atoms with Gasteiger partial charge in [-0.2, -0.15) is 0 Å². The molecule has 0 spiro atoms. The largest absolute Gasteiger partial charge is 0.313 e. The van der Waals surface area contributed by atoms with Crippen LogP contribution in [-0.4, -0.2) is 4.57 Å². The van der Waals surface area contributed by atoms with Gasteiger partial charge in [0.25, 0.3) is 0 Å². The fourth-order valence-corrected chi connectivity index (χ4v) is 8.96. The lowest BCUT2D eigenvalue weighted by atomic mass is 9.82. The molecule has 54 heavy (non-hydrogen) atoms. The summed E-state index contributed by atoms with van der Waals surface area (Å²) in [5.41, 5.74) is 18.9. The summed E-state index contributed by atoms with van der Waals surface area (Å²) in [4.78, 5) is 2.41. The van der Waals surface area contributed by atoms with Crippen LogP contribution in [0.4, 0.5) is 17.1 Å². The van der Waals surface area contributed by atoms with Crippen LogP contribution in [0, 0.1) is 5.92 Å². The minimum absolute atomic E-state index is 0.0842.